The van der Waals surface area contributed by atoms with E-state index < -0.39 is 60.6 Å². The number of nitrogens with one attached hydrogen (secondary N) is 1. The number of Topliss-reactive ketones (excluding diaryl/α,β-unsaturated/α-hetero) is 1. The normalized spacial score (nSPS) is 12.6. The number of carbonyl (C=O) groups excluding carboxylic acids is 4. The van der Waals surface area contributed by atoms with Gasteiger partial charge in [-0.25, -0.2) is 0 Å². The Morgan fingerprint density at radius 1 is 0.974 bits per heavy atom. The van der Waals surface area contributed by atoms with Crippen LogP contribution in [0.1, 0.15) is 52.9 Å². The van der Waals surface area contributed by atoms with E-state index in [1.807, 2.05) is 0 Å². The number of benzene rings is 2. The summed E-state index contributed by atoms with van der Waals surface area (Å²) in [4.78, 5) is 62.1. The molecule has 0 saturated heterocycles. The predicted molar refractivity (Wildman–Crippen MR) is 138 cm³/mol. The second-order valence-corrected chi connectivity index (χ2v) is 8.64. The lowest BCUT2D eigenvalue weighted by atomic mass is 9.92. The number of hydrogen-bond acceptors (Lipinski definition) is 8. The van der Waals surface area contributed by atoms with Crippen molar-refractivity contribution in [2.45, 2.75) is 31.4 Å². The molecule has 2 atom stereocenters. The van der Waals surface area contributed by atoms with Gasteiger partial charge >= 0.3 is 11.9 Å². The Morgan fingerprint density at radius 3 is 2.00 bits per heavy atom. The number of rotatable bonds is 11. The maximum Gasteiger partial charge on any atom is 0.306 e. The molecule has 0 saturated carbocycles. The van der Waals surface area contributed by atoms with E-state index in [0.29, 0.717) is 16.7 Å². The van der Waals surface area contributed by atoms with Gasteiger partial charge in [-0.1, -0.05) is 24.0 Å². The van der Waals surface area contributed by atoms with Gasteiger partial charge in [-0.05, 0) is 48.9 Å². The number of esters is 1. The summed E-state index contributed by atoms with van der Waals surface area (Å²) in [5, 5.41) is 29.7. The minimum Gasteiger partial charge on any atom is -0.481 e. The molecule has 11 nitrogen and oxygen atoms in total. The van der Waals surface area contributed by atoms with Gasteiger partial charge in [0.05, 0.1) is 19.4 Å². The first-order valence-corrected chi connectivity index (χ1v) is 11.9. The van der Waals surface area contributed by atoms with Crippen LogP contribution < -0.4 is 5.32 Å². The van der Waals surface area contributed by atoms with Crippen LogP contribution >= 0.6 is 0 Å². The highest BCUT2D eigenvalue weighted by Gasteiger charge is 2.47. The van der Waals surface area contributed by atoms with Gasteiger partial charge in [0.25, 0.3) is 11.8 Å². The van der Waals surface area contributed by atoms with Crippen molar-refractivity contribution in [3.63, 3.8) is 0 Å². The fraction of sp³-hybridized carbons (Fsp3) is 0.321. The third-order valence-electron chi connectivity index (χ3n) is 6.05. The van der Waals surface area contributed by atoms with Crippen molar-refractivity contribution in [3.05, 3.63) is 70.8 Å². The molecule has 0 heterocycles. The highest BCUT2D eigenvalue weighted by Crippen LogP contribution is 2.20. The van der Waals surface area contributed by atoms with Crippen molar-refractivity contribution in [1.82, 2.24) is 10.2 Å². The molecule has 0 aliphatic carbocycles. The summed E-state index contributed by atoms with van der Waals surface area (Å²) >= 11 is 0. The first-order chi connectivity index (χ1) is 18.4. The zero-order chi connectivity index (χ0) is 29.2. The first kappa shape index (κ1) is 30.7. The molecule has 206 valence electrons. The second kappa shape index (κ2) is 13.9. The number of hydrogen-bond donors (Lipinski definition) is 4. The van der Waals surface area contributed by atoms with Gasteiger partial charge in [0.1, 0.15) is 6.10 Å². The van der Waals surface area contributed by atoms with Gasteiger partial charge in [-0.15, -0.1) is 0 Å². The van der Waals surface area contributed by atoms with Gasteiger partial charge in [0.15, 0.2) is 12.1 Å². The van der Waals surface area contributed by atoms with Crippen LogP contribution in [0.2, 0.25) is 0 Å². The number of amides is 2. The van der Waals surface area contributed by atoms with E-state index in [9.17, 15) is 29.1 Å². The number of nitrogens with zero attached hydrogens (tertiary/aromatic N) is 1. The molecule has 0 radical (unpaired) electrons. The number of likely N-dealkylation sites (N-methyl/N-ethyl adjacent to an activating group) is 2. The van der Waals surface area contributed by atoms with Crippen molar-refractivity contribution >= 4 is 29.5 Å². The quantitative estimate of drug-likeness (QED) is 0.182. The molecule has 0 aromatic heterocycles. The molecule has 2 aromatic rings. The molecule has 2 aromatic carbocycles. The molecule has 0 fully saturated rings. The van der Waals surface area contributed by atoms with Crippen LogP contribution in [0.25, 0.3) is 0 Å². The number of aliphatic hydroxyl groups is 2. The zero-order valence-electron chi connectivity index (χ0n) is 21.8. The number of ketones is 1. The third-order valence-corrected chi connectivity index (χ3v) is 6.05. The van der Waals surface area contributed by atoms with Crippen LogP contribution in [0.5, 0.6) is 0 Å². The molecule has 0 unspecified atom stereocenters. The molecule has 0 aliphatic heterocycles. The van der Waals surface area contributed by atoms with Crippen molar-refractivity contribution in [2.24, 2.45) is 0 Å². The monoisotopic (exact) mass is 538 g/mol. The van der Waals surface area contributed by atoms with Crippen molar-refractivity contribution in [1.29, 1.82) is 0 Å². The van der Waals surface area contributed by atoms with E-state index in [1.54, 1.807) is 36.4 Å². The first-order valence-electron chi connectivity index (χ1n) is 11.9. The predicted octanol–water partition coefficient (Wildman–Crippen LogP) is 0.666. The molecule has 11 heteroatoms. The fourth-order valence-corrected chi connectivity index (χ4v) is 3.41. The number of aliphatic hydroxyl groups excluding tert-OH is 2. The number of carboxylic acids is 1. The minimum absolute atomic E-state index is 0.173. The molecular formula is C28H30N2O9. The van der Waals surface area contributed by atoms with Gasteiger partial charge in [0.2, 0.25) is 5.78 Å². The minimum atomic E-state index is -2.02. The summed E-state index contributed by atoms with van der Waals surface area (Å²) in [5.41, 5.74) is -0.0209. The zero-order valence-corrected chi connectivity index (χ0v) is 21.8. The number of carbonyl (C=O) groups is 5. The largest absolute Gasteiger partial charge is 0.481 e. The van der Waals surface area contributed by atoms with E-state index in [0.717, 1.165) is 4.90 Å². The van der Waals surface area contributed by atoms with Gasteiger partial charge in [-0.3, -0.25) is 24.0 Å². The molecule has 0 aliphatic rings. The summed E-state index contributed by atoms with van der Waals surface area (Å²) in [6.45, 7) is 0.0139. The Labute approximate surface area is 225 Å². The van der Waals surface area contributed by atoms with Crippen LogP contribution in [-0.4, -0.2) is 82.6 Å². The van der Waals surface area contributed by atoms with Crippen LogP contribution in [0.15, 0.2) is 48.5 Å². The van der Waals surface area contributed by atoms with Gasteiger partial charge < -0.3 is 30.3 Å². The van der Waals surface area contributed by atoms with E-state index in [4.69, 9.17) is 14.9 Å². The number of ether oxygens (including phenoxy) is 1. The second-order valence-electron chi connectivity index (χ2n) is 8.64. The Kier molecular flexibility index (Phi) is 10.9. The van der Waals surface area contributed by atoms with Crippen LogP contribution in [0, 0.1) is 11.8 Å². The lowest BCUT2D eigenvalue weighted by Crippen LogP contribution is -2.62. The third kappa shape index (κ3) is 7.98. The van der Waals surface area contributed by atoms with E-state index in [1.165, 1.54) is 33.2 Å². The maximum atomic E-state index is 13.2. The molecule has 0 bridgehead atoms. The van der Waals surface area contributed by atoms with E-state index in [-0.39, 0.29) is 12.2 Å². The van der Waals surface area contributed by atoms with Crippen LogP contribution in [-0.2, 0) is 23.9 Å². The number of carboxylic acid groups (broad SMARTS) is 1. The Bertz CT molecular complexity index is 1280. The summed E-state index contributed by atoms with van der Waals surface area (Å²) < 4.78 is 4.83. The number of aliphatic carboxylic acids is 1. The van der Waals surface area contributed by atoms with Gasteiger partial charge in [0, 0.05) is 30.8 Å². The average Bonchev–Trinajstić information content (AvgIpc) is 2.95. The topological polar surface area (TPSA) is 171 Å². The van der Waals surface area contributed by atoms with Crippen molar-refractivity contribution in [3.8, 4) is 11.8 Å². The highest BCUT2D eigenvalue weighted by atomic mass is 16.5. The Hall–Kier alpha value is -4.53. The molecule has 4 N–H and O–H groups in total. The van der Waals surface area contributed by atoms with Gasteiger partial charge in [-0.2, -0.15) is 0 Å². The van der Waals surface area contributed by atoms with Crippen molar-refractivity contribution < 1.29 is 44.0 Å². The lowest BCUT2D eigenvalue weighted by Gasteiger charge is -2.35. The summed E-state index contributed by atoms with van der Waals surface area (Å²) in [5.74, 6) is 1.45. The molecular weight excluding hydrogens is 508 g/mol. The SMILES string of the molecule is CNC(=O)[C@@](C)(C(=O)COC(=O)CCC(=O)O)N(C)C(=O)c1ccc(C#Cc2ccc([C@H](O)CO)cc2)cc1. The molecule has 0 spiro atoms. The average molecular weight is 539 g/mol. The smallest absolute Gasteiger partial charge is 0.306 e. The highest BCUT2D eigenvalue weighted by molar-refractivity contribution is 6.14. The lowest BCUT2D eigenvalue weighted by molar-refractivity contribution is -0.154. The summed E-state index contributed by atoms with van der Waals surface area (Å²) in [6, 6.07) is 12.9. The molecule has 2 rings (SSSR count). The van der Waals surface area contributed by atoms with E-state index >= 15 is 0 Å². The maximum absolute atomic E-state index is 13.2. The van der Waals surface area contributed by atoms with Crippen molar-refractivity contribution in [2.75, 3.05) is 27.3 Å². The molecule has 39 heavy (non-hydrogen) atoms. The Morgan fingerprint density at radius 2 is 1.51 bits per heavy atom. The summed E-state index contributed by atoms with van der Waals surface area (Å²) in [7, 11) is 2.56. The van der Waals surface area contributed by atoms with Crippen LogP contribution in [0.4, 0.5) is 0 Å². The summed E-state index contributed by atoms with van der Waals surface area (Å²) in [6.07, 6.45) is -1.88. The van der Waals surface area contributed by atoms with Crippen LogP contribution in [0.3, 0.4) is 0 Å². The Balaban J connectivity index is 2.15. The van der Waals surface area contributed by atoms with E-state index in [2.05, 4.69) is 17.2 Å². The standard InChI is InChI=1S/C28H30N2O9/c1-28(27(38)29-2,23(33)17-39-25(36)15-14-24(34)35)30(3)26(37)21-12-8-19(9-13-21)5-4-18-6-10-20(11-7-18)22(32)16-31/h6-13,22,31-32H,14-17H2,1-3H3,(H,29,38)(H,34,35)/t22-,28-/m1/s1. The molecule has 2 amide bonds. The fourth-order valence-electron chi connectivity index (χ4n) is 3.41.